The number of hydrogen-bond acceptors (Lipinski definition) is 5. The maximum Gasteiger partial charge on any atom is 0.331 e. The molecule has 1 aromatic carbocycles. The van der Waals surface area contributed by atoms with E-state index >= 15 is 0 Å². The topological polar surface area (TPSA) is 92.6 Å². The van der Waals surface area contributed by atoms with Crippen molar-refractivity contribution in [2.24, 2.45) is 0 Å². The molecule has 4 rings (SSSR count). The number of carboxylic acid groups (broad SMARTS) is 1. The third-order valence-electron chi connectivity index (χ3n) is 4.45. The number of para-hydroxylation sites is 1. The van der Waals surface area contributed by atoms with Crippen LogP contribution >= 0.6 is 0 Å². The van der Waals surface area contributed by atoms with E-state index in [-0.39, 0.29) is 18.8 Å². The molecule has 7 heteroatoms. The number of rotatable bonds is 3. The Bertz CT molecular complexity index is 835. The summed E-state index contributed by atoms with van der Waals surface area (Å²) in [5.41, 5.74) is 0.694. The highest BCUT2D eigenvalue weighted by molar-refractivity contribution is 5.95. The lowest BCUT2D eigenvalue weighted by Crippen LogP contribution is -2.40. The third-order valence-corrected chi connectivity index (χ3v) is 4.45. The second-order valence-corrected chi connectivity index (χ2v) is 6.20. The average molecular weight is 339 g/mol. The van der Waals surface area contributed by atoms with Crippen molar-refractivity contribution >= 4 is 11.9 Å². The molecule has 1 amide bonds. The Morgan fingerprint density at radius 2 is 2.00 bits per heavy atom. The normalized spacial score (nSPS) is 19.5. The van der Waals surface area contributed by atoms with Crippen LogP contribution in [0.1, 0.15) is 46.7 Å². The predicted octanol–water partition coefficient (Wildman–Crippen LogP) is 2.01. The van der Waals surface area contributed by atoms with Crippen LogP contribution in [0, 0.1) is 0 Å². The van der Waals surface area contributed by atoms with Gasteiger partial charge in [-0.25, -0.2) is 14.8 Å². The number of aliphatic carboxylic acids is 1. The molecule has 1 aliphatic carbocycles. The first-order chi connectivity index (χ1) is 12.1. The van der Waals surface area contributed by atoms with Gasteiger partial charge < -0.3 is 14.7 Å². The largest absolute Gasteiger partial charge is 0.491 e. The van der Waals surface area contributed by atoms with Crippen LogP contribution in [-0.2, 0) is 4.79 Å². The summed E-state index contributed by atoms with van der Waals surface area (Å²) in [7, 11) is 0. The summed E-state index contributed by atoms with van der Waals surface area (Å²) in [4.78, 5) is 34.8. The number of carboxylic acids is 1. The SMILES string of the molecule is O=C(O)C1c2ccccc2OCCN1C(=O)c1ccnc(C2CC2)n1. The molecule has 25 heavy (non-hydrogen) atoms. The highest BCUT2D eigenvalue weighted by Crippen LogP contribution is 2.38. The zero-order chi connectivity index (χ0) is 17.4. The maximum absolute atomic E-state index is 13.0. The van der Waals surface area contributed by atoms with Gasteiger partial charge in [0.1, 0.15) is 23.9 Å². The summed E-state index contributed by atoms with van der Waals surface area (Å²) >= 11 is 0. The molecule has 0 bridgehead atoms. The maximum atomic E-state index is 13.0. The minimum Gasteiger partial charge on any atom is -0.491 e. The quantitative estimate of drug-likeness (QED) is 0.919. The van der Waals surface area contributed by atoms with Gasteiger partial charge in [-0.3, -0.25) is 4.79 Å². The van der Waals surface area contributed by atoms with Crippen LogP contribution in [0.2, 0.25) is 0 Å². The van der Waals surface area contributed by atoms with E-state index in [4.69, 9.17) is 4.74 Å². The van der Waals surface area contributed by atoms with Crippen LogP contribution < -0.4 is 4.74 Å². The van der Waals surface area contributed by atoms with E-state index in [1.807, 2.05) is 0 Å². The van der Waals surface area contributed by atoms with Gasteiger partial charge in [0.25, 0.3) is 5.91 Å². The minimum atomic E-state index is -1.11. The van der Waals surface area contributed by atoms with Crippen LogP contribution in [0.4, 0.5) is 0 Å². The fraction of sp³-hybridized carbons (Fsp3) is 0.333. The number of aromatic nitrogens is 2. The number of amides is 1. The van der Waals surface area contributed by atoms with Crippen molar-refractivity contribution < 1.29 is 19.4 Å². The number of carbonyl (C=O) groups excluding carboxylic acids is 1. The molecule has 2 aromatic rings. The van der Waals surface area contributed by atoms with Gasteiger partial charge in [0.15, 0.2) is 6.04 Å². The molecule has 2 heterocycles. The van der Waals surface area contributed by atoms with E-state index in [1.165, 1.54) is 11.0 Å². The van der Waals surface area contributed by atoms with Crippen molar-refractivity contribution in [2.75, 3.05) is 13.2 Å². The van der Waals surface area contributed by atoms with E-state index in [1.54, 1.807) is 30.5 Å². The Balaban J connectivity index is 1.71. The number of nitrogens with zero attached hydrogens (tertiary/aromatic N) is 3. The zero-order valence-corrected chi connectivity index (χ0v) is 13.5. The number of carbonyl (C=O) groups is 2. The van der Waals surface area contributed by atoms with Crippen molar-refractivity contribution in [1.29, 1.82) is 0 Å². The van der Waals surface area contributed by atoms with Crippen LogP contribution in [0.15, 0.2) is 36.5 Å². The van der Waals surface area contributed by atoms with Crippen molar-refractivity contribution in [3.05, 3.63) is 53.6 Å². The van der Waals surface area contributed by atoms with Crippen LogP contribution in [-0.4, -0.2) is 45.0 Å². The summed E-state index contributed by atoms with van der Waals surface area (Å²) in [6, 6.07) is 7.34. The Morgan fingerprint density at radius 1 is 1.20 bits per heavy atom. The summed E-state index contributed by atoms with van der Waals surface area (Å²) < 4.78 is 5.63. The number of hydrogen-bond donors (Lipinski definition) is 1. The Kier molecular flexibility index (Phi) is 3.83. The molecule has 1 saturated carbocycles. The first-order valence-corrected chi connectivity index (χ1v) is 8.23. The van der Waals surface area contributed by atoms with Gasteiger partial charge >= 0.3 is 5.97 Å². The fourth-order valence-electron chi connectivity index (χ4n) is 3.05. The predicted molar refractivity (Wildman–Crippen MR) is 87.4 cm³/mol. The van der Waals surface area contributed by atoms with Gasteiger partial charge in [0, 0.05) is 17.7 Å². The number of fused-ring (bicyclic) bond motifs is 1. The molecule has 0 spiro atoms. The lowest BCUT2D eigenvalue weighted by atomic mass is 10.0. The number of ether oxygens (including phenoxy) is 1. The van der Waals surface area contributed by atoms with Crippen LogP contribution in [0.3, 0.4) is 0 Å². The molecule has 2 aliphatic rings. The Morgan fingerprint density at radius 3 is 2.76 bits per heavy atom. The zero-order valence-electron chi connectivity index (χ0n) is 13.5. The molecule has 1 aromatic heterocycles. The fourth-order valence-corrected chi connectivity index (χ4v) is 3.05. The van der Waals surface area contributed by atoms with Crippen molar-refractivity contribution in [1.82, 2.24) is 14.9 Å². The highest BCUT2D eigenvalue weighted by atomic mass is 16.5. The average Bonchev–Trinajstić information content (AvgIpc) is 3.46. The van der Waals surface area contributed by atoms with Gasteiger partial charge in [0.05, 0.1) is 6.54 Å². The monoisotopic (exact) mass is 339 g/mol. The van der Waals surface area contributed by atoms with E-state index in [2.05, 4.69) is 9.97 Å². The van der Waals surface area contributed by atoms with Gasteiger partial charge in [-0.05, 0) is 25.0 Å². The Hall–Kier alpha value is -2.96. The summed E-state index contributed by atoms with van der Waals surface area (Å²) in [5, 5.41) is 9.75. The van der Waals surface area contributed by atoms with Crippen molar-refractivity contribution in [3.63, 3.8) is 0 Å². The van der Waals surface area contributed by atoms with E-state index < -0.39 is 17.9 Å². The standard InChI is InChI=1S/C18H17N3O4/c22-17(13-7-8-19-16(20-13)11-5-6-11)21-9-10-25-14-4-2-1-3-12(14)15(21)18(23)24/h1-4,7-8,11,15H,5-6,9-10H2,(H,23,24). The molecule has 1 aliphatic heterocycles. The van der Waals surface area contributed by atoms with Gasteiger partial charge in [0.2, 0.25) is 0 Å². The van der Waals surface area contributed by atoms with Crippen molar-refractivity contribution in [3.8, 4) is 5.75 Å². The summed E-state index contributed by atoms with van der Waals surface area (Å²) in [6.45, 7) is 0.403. The number of benzene rings is 1. The van der Waals surface area contributed by atoms with Gasteiger partial charge in [-0.1, -0.05) is 18.2 Å². The molecule has 1 N–H and O–H groups in total. The molecular formula is C18H17N3O4. The molecule has 1 atom stereocenters. The van der Waals surface area contributed by atoms with E-state index in [0.717, 1.165) is 12.8 Å². The first kappa shape index (κ1) is 15.6. The van der Waals surface area contributed by atoms with E-state index in [9.17, 15) is 14.7 Å². The molecule has 1 fully saturated rings. The lowest BCUT2D eigenvalue weighted by Gasteiger charge is -2.26. The molecule has 128 valence electrons. The molecule has 1 unspecified atom stereocenters. The molecule has 0 radical (unpaired) electrons. The smallest absolute Gasteiger partial charge is 0.331 e. The Labute approximate surface area is 144 Å². The second kappa shape index (κ2) is 6.16. The second-order valence-electron chi connectivity index (χ2n) is 6.20. The summed E-state index contributed by atoms with van der Waals surface area (Å²) in [6.07, 6.45) is 3.62. The van der Waals surface area contributed by atoms with E-state index in [0.29, 0.717) is 23.1 Å². The minimum absolute atomic E-state index is 0.174. The molecule has 7 nitrogen and oxygen atoms in total. The van der Waals surface area contributed by atoms with Crippen LogP contribution in [0.25, 0.3) is 0 Å². The lowest BCUT2D eigenvalue weighted by molar-refractivity contribution is -0.142. The molecule has 0 saturated heterocycles. The van der Waals surface area contributed by atoms with Crippen LogP contribution in [0.5, 0.6) is 5.75 Å². The molecular weight excluding hydrogens is 322 g/mol. The van der Waals surface area contributed by atoms with Gasteiger partial charge in [-0.2, -0.15) is 0 Å². The first-order valence-electron chi connectivity index (χ1n) is 8.23. The third kappa shape index (κ3) is 2.93. The highest BCUT2D eigenvalue weighted by Gasteiger charge is 2.36. The van der Waals surface area contributed by atoms with Gasteiger partial charge in [-0.15, -0.1) is 0 Å². The summed E-state index contributed by atoms with van der Waals surface area (Å²) in [5.74, 6) is -0.0493. The van der Waals surface area contributed by atoms with Crippen molar-refractivity contribution in [2.45, 2.75) is 24.8 Å².